The van der Waals surface area contributed by atoms with Crippen LogP contribution >= 0.6 is 11.8 Å². The summed E-state index contributed by atoms with van der Waals surface area (Å²) in [5.41, 5.74) is -0.0404. The number of rotatable bonds is 4. The van der Waals surface area contributed by atoms with Gasteiger partial charge in [0, 0.05) is 12.0 Å². The molecule has 90 valence electrons. The van der Waals surface area contributed by atoms with Gasteiger partial charge in [0.05, 0.1) is 0 Å². The molecule has 1 rings (SSSR count). The van der Waals surface area contributed by atoms with Crippen LogP contribution in [0, 0.1) is 5.41 Å². The van der Waals surface area contributed by atoms with Gasteiger partial charge in [0.1, 0.15) is 5.78 Å². The second-order valence-electron chi connectivity index (χ2n) is 3.73. The van der Waals surface area contributed by atoms with Crippen LogP contribution in [0.4, 0.5) is 0 Å². The van der Waals surface area contributed by atoms with E-state index in [4.69, 9.17) is 0 Å². The zero-order valence-corrected chi connectivity index (χ0v) is 11.4. The first-order chi connectivity index (χ1) is 7.21. The largest absolute Gasteiger partial charge is 0.316 e. The number of Topliss-reactive ketones (excluding diaryl/α,β-unsaturated/α-hetero) is 1. The Balaban J connectivity index is 0.000000921. The number of hydrogen-bond acceptors (Lipinski definition) is 3. The molecule has 0 aromatic heterocycles. The first-order valence-corrected chi connectivity index (χ1v) is 7.16. The SMILES string of the molecule is CC.CCNCC1(C(C)=O)CCSCC1. The van der Waals surface area contributed by atoms with E-state index in [1.165, 1.54) is 0 Å². The fourth-order valence-electron chi connectivity index (χ4n) is 1.78. The zero-order valence-electron chi connectivity index (χ0n) is 10.6. The lowest BCUT2D eigenvalue weighted by Crippen LogP contribution is -2.42. The Morgan fingerprint density at radius 3 is 2.27 bits per heavy atom. The van der Waals surface area contributed by atoms with Gasteiger partial charge >= 0.3 is 0 Å². The fourth-order valence-corrected chi connectivity index (χ4v) is 3.05. The smallest absolute Gasteiger partial charge is 0.137 e. The van der Waals surface area contributed by atoms with Gasteiger partial charge < -0.3 is 5.32 Å². The lowest BCUT2D eigenvalue weighted by atomic mass is 9.78. The number of carbonyl (C=O) groups is 1. The lowest BCUT2D eigenvalue weighted by Gasteiger charge is -2.34. The van der Waals surface area contributed by atoms with E-state index in [-0.39, 0.29) is 5.41 Å². The minimum absolute atomic E-state index is 0.0404. The average molecular weight is 231 g/mol. The van der Waals surface area contributed by atoms with Crippen LogP contribution in [0.15, 0.2) is 0 Å². The highest BCUT2D eigenvalue weighted by Crippen LogP contribution is 2.35. The molecule has 1 aliphatic heterocycles. The van der Waals surface area contributed by atoms with Crippen LogP contribution in [0.2, 0.25) is 0 Å². The molecule has 0 aromatic rings. The van der Waals surface area contributed by atoms with Crippen molar-refractivity contribution < 1.29 is 4.79 Å². The van der Waals surface area contributed by atoms with Crippen LogP contribution in [0.5, 0.6) is 0 Å². The van der Waals surface area contributed by atoms with Gasteiger partial charge in [0.2, 0.25) is 0 Å². The maximum Gasteiger partial charge on any atom is 0.137 e. The van der Waals surface area contributed by atoms with Gasteiger partial charge in [0.25, 0.3) is 0 Å². The first kappa shape index (κ1) is 15.0. The Labute approximate surface area is 98.6 Å². The van der Waals surface area contributed by atoms with E-state index in [0.717, 1.165) is 37.4 Å². The Kier molecular flexibility index (Phi) is 8.16. The quantitative estimate of drug-likeness (QED) is 0.806. The molecule has 0 amide bonds. The number of carbonyl (C=O) groups excluding carboxylic acids is 1. The normalized spacial score (nSPS) is 18.9. The minimum atomic E-state index is -0.0404. The van der Waals surface area contributed by atoms with Crippen molar-refractivity contribution in [3.05, 3.63) is 0 Å². The van der Waals surface area contributed by atoms with Crippen molar-refractivity contribution >= 4 is 17.5 Å². The van der Waals surface area contributed by atoms with Crippen LogP contribution in [-0.2, 0) is 4.79 Å². The number of hydrogen-bond donors (Lipinski definition) is 1. The van der Waals surface area contributed by atoms with Crippen LogP contribution in [0.25, 0.3) is 0 Å². The minimum Gasteiger partial charge on any atom is -0.316 e. The standard InChI is InChI=1S/C10H19NOS.C2H6/c1-3-11-8-10(9(2)12)4-6-13-7-5-10;1-2/h11H,3-8H2,1-2H3;1-2H3. The molecule has 1 aliphatic rings. The van der Waals surface area contributed by atoms with E-state index in [1.807, 2.05) is 25.6 Å². The molecule has 1 N–H and O–H groups in total. The number of ketones is 1. The van der Waals surface area contributed by atoms with Gasteiger partial charge in [-0.05, 0) is 37.8 Å². The highest BCUT2D eigenvalue weighted by atomic mass is 32.2. The summed E-state index contributed by atoms with van der Waals surface area (Å²) in [5, 5.41) is 3.31. The first-order valence-electron chi connectivity index (χ1n) is 6.01. The third-order valence-electron chi connectivity index (χ3n) is 2.91. The van der Waals surface area contributed by atoms with Crippen LogP contribution in [-0.4, -0.2) is 30.4 Å². The Morgan fingerprint density at radius 2 is 1.87 bits per heavy atom. The van der Waals surface area contributed by atoms with E-state index in [1.54, 1.807) is 6.92 Å². The summed E-state index contributed by atoms with van der Waals surface area (Å²) in [7, 11) is 0. The molecule has 1 saturated heterocycles. The summed E-state index contributed by atoms with van der Waals surface area (Å²) in [6, 6.07) is 0. The molecule has 0 spiro atoms. The summed E-state index contributed by atoms with van der Waals surface area (Å²) in [4.78, 5) is 11.6. The van der Waals surface area contributed by atoms with E-state index in [9.17, 15) is 4.79 Å². The van der Waals surface area contributed by atoms with Gasteiger partial charge in [-0.2, -0.15) is 11.8 Å². The zero-order chi connectivity index (χ0) is 11.7. The summed E-state index contributed by atoms with van der Waals surface area (Å²) in [5.74, 6) is 2.66. The highest BCUT2D eigenvalue weighted by molar-refractivity contribution is 7.99. The molecule has 0 aliphatic carbocycles. The molecule has 1 fully saturated rings. The van der Waals surface area contributed by atoms with Crippen LogP contribution < -0.4 is 5.32 Å². The van der Waals surface area contributed by atoms with Crippen molar-refractivity contribution in [2.24, 2.45) is 5.41 Å². The topological polar surface area (TPSA) is 29.1 Å². The molecular weight excluding hydrogens is 206 g/mol. The van der Waals surface area contributed by atoms with Crippen molar-refractivity contribution in [1.82, 2.24) is 5.32 Å². The molecular formula is C12H25NOS. The second-order valence-corrected chi connectivity index (χ2v) is 4.95. The van der Waals surface area contributed by atoms with Gasteiger partial charge in [-0.25, -0.2) is 0 Å². The molecule has 0 bridgehead atoms. The molecule has 2 nitrogen and oxygen atoms in total. The van der Waals surface area contributed by atoms with Crippen molar-refractivity contribution in [3.63, 3.8) is 0 Å². The third-order valence-corrected chi connectivity index (χ3v) is 3.90. The maximum atomic E-state index is 11.6. The third kappa shape index (κ3) is 4.56. The van der Waals surface area contributed by atoms with Crippen LogP contribution in [0.1, 0.15) is 40.5 Å². The summed E-state index contributed by atoms with van der Waals surface area (Å²) < 4.78 is 0. The molecule has 1 heterocycles. The van der Waals surface area contributed by atoms with E-state index < -0.39 is 0 Å². The maximum absolute atomic E-state index is 11.6. The molecule has 15 heavy (non-hydrogen) atoms. The van der Waals surface area contributed by atoms with Crippen LogP contribution in [0.3, 0.4) is 0 Å². The van der Waals surface area contributed by atoms with Crippen molar-refractivity contribution in [1.29, 1.82) is 0 Å². The molecule has 0 atom stereocenters. The lowest BCUT2D eigenvalue weighted by molar-refractivity contribution is -0.126. The van der Waals surface area contributed by atoms with Crippen molar-refractivity contribution in [2.75, 3.05) is 24.6 Å². The molecule has 0 aromatic carbocycles. The Morgan fingerprint density at radius 1 is 1.33 bits per heavy atom. The van der Waals surface area contributed by atoms with Gasteiger partial charge in [-0.1, -0.05) is 20.8 Å². The summed E-state index contributed by atoms with van der Waals surface area (Å²) in [6.45, 7) is 9.67. The number of thioether (sulfide) groups is 1. The molecule has 0 radical (unpaired) electrons. The van der Waals surface area contributed by atoms with Gasteiger partial charge in [-0.3, -0.25) is 4.79 Å². The molecule has 3 heteroatoms. The summed E-state index contributed by atoms with van der Waals surface area (Å²) >= 11 is 1.97. The second kappa shape index (κ2) is 8.17. The summed E-state index contributed by atoms with van der Waals surface area (Å²) in [6.07, 6.45) is 2.11. The fraction of sp³-hybridized carbons (Fsp3) is 0.917. The van der Waals surface area contributed by atoms with Gasteiger partial charge in [0.15, 0.2) is 0 Å². The van der Waals surface area contributed by atoms with E-state index >= 15 is 0 Å². The Hall–Kier alpha value is -0.0200. The van der Waals surface area contributed by atoms with E-state index in [2.05, 4.69) is 12.2 Å². The average Bonchev–Trinajstić information content (AvgIpc) is 2.30. The van der Waals surface area contributed by atoms with Crippen molar-refractivity contribution in [2.45, 2.75) is 40.5 Å². The predicted molar refractivity (Wildman–Crippen MR) is 69.6 cm³/mol. The van der Waals surface area contributed by atoms with E-state index in [0.29, 0.717) is 5.78 Å². The van der Waals surface area contributed by atoms with Gasteiger partial charge in [-0.15, -0.1) is 0 Å². The monoisotopic (exact) mass is 231 g/mol. The Bertz CT molecular complexity index is 176. The number of nitrogens with one attached hydrogen (secondary N) is 1. The molecule has 0 unspecified atom stereocenters. The highest BCUT2D eigenvalue weighted by Gasteiger charge is 2.36. The predicted octanol–water partition coefficient (Wildman–Crippen LogP) is 2.72. The molecule has 0 saturated carbocycles. The van der Waals surface area contributed by atoms with Crippen molar-refractivity contribution in [3.8, 4) is 0 Å².